The van der Waals surface area contributed by atoms with Gasteiger partial charge in [-0.2, -0.15) is 13.9 Å². The van der Waals surface area contributed by atoms with Crippen molar-refractivity contribution < 1.29 is 22.7 Å². The number of amides is 1. The number of halogens is 3. The third-order valence-electron chi connectivity index (χ3n) is 7.55. The molecule has 1 amide bonds. The standard InChI is InChI=1S/C27H22F3N7O2/c28-18-10-20-21(36-13-32-11-22(36)25(31)33-20)9-17(18)26(38)35-6-1-2-23-24(35)16-4-3-14(8-15(16)12-39-23)19-5-7-37(34-19)27(29)30/h3-5,7-11,13,23-24,27H,1-2,6,12H2,(H2,31,33). The average Bonchev–Trinajstić information content (AvgIpc) is 3.63. The van der Waals surface area contributed by atoms with Gasteiger partial charge in [0.15, 0.2) is 0 Å². The molecular formula is C27H22F3N7O2. The number of imidazole rings is 1. The van der Waals surface area contributed by atoms with E-state index in [9.17, 15) is 13.6 Å². The van der Waals surface area contributed by atoms with E-state index in [-0.39, 0.29) is 17.5 Å². The number of benzene rings is 2. The Morgan fingerprint density at radius 2 is 2.03 bits per heavy atom. The molecule has 5 heterocycles. The summed E-state index contributed by atoms with van der Waals surface area (Å²) in [6, 6.07) is 9.36. The molecule has 2 unspecified atom stereocenters. The van der Waals surface area contributed by atoms with Crippen molar-refractivity contribution in [2.45, 2.75) is 38.1 Å². The number of piperidine rings is 1. The van der Waals surface area contributed by atoms with Gasteiger partial charge >= 0.3 is 6.55 Å². The van der Waals surface area contributed by atoms with Gasteiger partial charge in [-0.25, -0.2) is 19.0 Å². The second-order valence-corrected chi connectivity index (χ2v) is 9.77. The number of nitrogen functional groups attached to an aromatic ring is 1. The lowest BCUT2D eigenvalue weighted by Gasteiger charge is -2.44. The zero-order valence-corrected chi connectivity index (χ0v) is 20.5. The number of nitrogens with two attached hydrogens (primary N) is 1. The van der Waals surface area contributed by atoms with E-state index in [4.69, 9.17) is 10.5 Å². The number of alkyl halides is 2. The quantitative estimate of drug-likeness (QED) is 0.359. The first-order chi connectivity index (χ1) is 18.9. The minimum Gasteiger partial charge on any atom is -0.382 e. The van der Waals surface area contributed by atoms with Gasteiger partial charge in [0.05, 0.1) is 53.6 Å². The zero-order chi connectivity index (χ0) is 26.8. The Kier molecular flexibility index (Phi) is 5.34. The average molecular weight is 534 g/mol. The number of anilines is 1. The summed E-state index contributed by atoms with van der Waals surface area (Å²) in [7, 11) is 0. The number of rotatable bonds is 3. The first kappa shape index (κ1) is 23.7. The number of hydrogen-bond acceptors (Lipinski definition) is 6. The van der Waals surface area contributed by atoms with Crippen molar-refractivity contribution in [2.75, 3.05) is 12.3 Å². The molecule has 2 N–H and O–H groups in total. The van der Waals surface area contributed by atoms with Crippen LogP contribution in [0.4, 0.5) is 19.0 Å². The van der Waals surface area contributed by atoms with Crippen molar-refractivity contribution in [3.63, 3.8) is 0 Å². The van der Waals surface area contributed by atoms with Gasteiger partial charge in [0.25, 0.3) is 5.91 Å². The molecule has 1 saturated heterocycles. The Hall–Kier alpha value is -4.45. The van der Waals surface area contributed by atoms with E-state index in [1.807, 2.05) is 12.1 Å². The molecule has 198 valence electrons. The van der Waals surface area contributed by atoms with Crippen LogP contribution in [0.2, 0.25) is 0 Å². The monoisotopic (exact) mass is 533 g/mol. The molecule has 2 aliphatic rings. The predicted octanol–water partition coefficient (Wildman–Crippen LogP) is 4.74. The van der Waals surface area contributed by atoms with Gasteiger partial charge in [-0.1, -0.05) is 12.1 Å². The first-order valence-electron chi connectivity index (χ1n) is 12.5. The van der Waals surface area contributed by atoms with Crippen LogP contribution in [0, 0.1) is 5.82 Å². The predicted molar refractivity (Wildman–Crippen MR) is 135 cm³/mol. The molecule has 0 saturated carbocycles. The van der Waals surface area contributed by atoms with Gasteiger partial charge < -0.3 is 15.4 Å². The largest absolute Gasteiger partial charge is 0.382 e. The van der Waals surface area contributed by atoms with E-state index < -0.39 is 24.3 Å². The van der Waals surface area contributed by atoms with Crippen molar-refractivity contribution in [1.29, 1.82) is 0 Å². The van der Waals surface area contributed by atoms with Crippen molar-refractivity contribution in [1.82, 2.24) is 29.0 Å². The second-order valence-electron chi connectivity index (χ2n) is 9.77. The molecule has 0 aliphatic carbocycles. The SMILES string of the molecule is Nc1nc2cc(F)c(C(=O)N3CCCC4OCc5cc(-c6ccn(C(F)F)n6)ccc5C43)cc2n2cncc12. The molecule has 39 heavy (non-hydrogen) atoms. The number of hydrogen-bond donors (Lipinski definition) is 1. The Labute approximate surface area is 219 Å². The number of likely N-dealkylation sites (tertiary alicyclic amines) is 1. The molecular weight excluding hydrogens is 511 g/mol. The maximum absolute atomic E-state index is 15.4. The minimum atomic E-state index is -2.73. The topological polar surface area (TPSA) is 104 Å². The van der Waals surface area contributed by atoms with Gasteiger partial charge in [0, 0.05) is 24.4 Å². The number of nitrogens with zero attached hydrogens (tertiary/aromatic N) is 6. The highest BCUT2D eigenvalue weighted by molar-refractivity contribution is 5.99. The van der Waals surface area contributed by atoms with E-state index >= 15 is 4.39 Å². The van der Waals surface area contributed by atoms with Crippen LogP contribution in [0.15, 0.2) is 55.1 Å². The molecule has 2 aromatic carbocycles. The van der Waals surface area contributed by atoms with Crippen LogP contribution < -0.4 is 5.73 Å². The number of ether oxygens (including phenoxy) is 1. The molecule has 1 fully saturated rings. The Balaban J connectivity index is 1.27. The molecule has 2 atom stereocenters. The lowest BCUT2D eigenvalue weighted by atomic mass is 9.86. The first-order valence-corrected chi connectivity index (χ1v) is 12.5. The highest BCUT2D eigenvalue weighted by Crippen LogP contribution is 2.41. The number of carbonyl (C=O) groups is 1. The molecule has 0 spiro atoms. The molecule has 2 aliphatic heterocycles. The minimum absolute atomic E-state index is 0.0778. The second kappa shape index (κ2) is 8.80. The third kappa shape index (κ3) is 3.74. The summed E-state index contributed by atoms with van der Waals surface area (Å²) >= 11 is 0. The van der Waals surface area contributed by atoms with Crippen molar-refractivity contribution in [3.05, 3.63) is 77.6 Å². The highest BCUT2D eigenvalue weighted by Gasteiger charge is 2.41. The highest BCUT2D eigenvalue weighted by atomic mass is 19.3. The van der Waals surface area contributed by atoms with E-state index in [1.165, 1.54) is 24.4 Å². The Bertz CT molecular complexity index is 1770. The van der Waals surface area contributed by atoms with E-state index in [1.54, 1.807) is 27.9 Å². The number of fused-ring (bicyclic) bond motifs is 6. The van der Waals surface area contributed by atoms with E-state index in [0.717, 1.165) is 17.5 Å². The van der Waals surface area contributed by atoms with Crippen LogP contribution >= 0.6 is 0 Å². The molecule has 9 nitrogen and oxygen atoms in total. The van der Waals surface area contributed by atoms with Crippen molar-refractivity contribution in [3.8, 4) is 11.3 Å². The maximum atomic E-state index is 15.4. The Morgan fingerprint density at radius 3 is 2.85 bits per heavy atom. The van der Waals surface area contributed by atoms with Crippen LogP contribution in [-0.4, -0.2) is 47.6 Å². The summed E-state index contributed by atoms with van der Waals surface area (Å²) in [6.07, 6.45) is 5.56. The van der Waals surface area contributed by atoms with Gasteiger partial charge in [-0.15, -0.1) is 0 Å². The fraction of sp³-hybridized carbons (Fsp3) is 0.259. The summed E-state index contributed by atoms with van der Waals surface area (Å²) in [4.78, 5) is 24.0. The zero-order valence-electron chi connectivity index (χ0n) is 20.5. The van der Waals surface area contributed by atoms with Crippen LogP contribution in [0.5, 0.6) is 0 Å². The summed E-state index contributed by atoms with van der Waals surface area (Å²) < 4.78 is 49.8. The van der Waals surface area contributed by atoms with Gasteiger partial charge in [0.1, 0.15) is 17.2 Å². The third-order valence-corrected chi connectivity index (χ3v) is 7.55. The molecule has 0 radical (unpaired) electrons. The molecule has 7 rings (SSSR count). The van der Waals surface area contributed by atoms with Crippen molar-refractivity contribution >= 4 is 28.3 Å². The van der Waals surface area contributed by atoms with Gasteiger partial charge in [0.2, 0.25) is 0 Å². The normalized spacial score (nSPS) is 19.0. The van der Waals surface area contributed by atoms with Gasteiger partial charge in [-0.05, 0) is 42.2 Å². The fourth-order valence-corrected chi connectivity index (χ4v) is 5.72. The van der Waals surface area contributed by atoms with E-state index in [0.29, 0.717) is 52.1 Å². The molecule has 3 aromatic heterocycles. The number of aromatic nitrogens is 5. The summed E-state index contributed by atoms with van der Waals surface area (Å²) in [5.41, 5.74) is 10.1. The van der Waals surface area contributed by atoms with E-state index in [2.05, 4.69) is 15.1 Å². The van der Waals surface area contributed by atoms with Crippen LogP contribution in [-0.2, 0) is 11.3 Å². The van der Waals surface area contributed by atoms with Crippen molar-refractivity contribution in [2.24, 2.45) is 0 Å². The smallest absolute Gasteiger partial charge is 0.333 e. The molecule has 5 aromatic rings. The molecule has 0 bridgehead atoms. The van der Waals surface area contributed by atoms with Crippen LogP contribution in [0.3, 0.4) is 0 Å². The summed E-state index contributed by atoms with van der Waals surface area (Å²) in [5, 5.41) is 3.95. The lowest BCUT2D eigenvalue weighted by Crippen LogP contribution is -2.48. The van der Waals surface area contributed by atoms with Gasteiger partial charge in [-0.3, -0.25) is 9.20 Å². The fourth-order valence-electron chi connectivity index (χ4n) is 5.72. The maximum Gasteiger partial charge on any atom is 0.333 e. The van der Waals surface area contributed by atoms with Crippen LogP contribution in [0.1, 0.15) is 46.9 Å². The summed E-state index contributed by atoms with van der Waals surface area (Å²) in [5.74, 6) is -0.929. The summed E-state index contributed by atoms with van der Waals surface area (Å²) in [6.45, 7) is -1.98. The van der Waals surface area contributed by atoms with Crippen LogP contribution in [0.25, 0.3) is 27.8 Å². The number of carbonyl (C=O) groups excluding carboxylic acids is 1. The lowest BCUT2D eigenvalue weighted by molar-refractivity contribution is -0.0571. The Morgan fingerprint density at radius 1 is 1.15 bits per heavy atom. The molecule has 12 heteroatoms.